The zero-order valence-electron chi connectivity index (χ0n) is 11.2. The summed E-state index contributed by atoms with van der Waals surface area (Å²) in [5.41, 5.74) is 2.81. The first kappa shape index (κ1) is 13.5. The summed E-state index contributed by atoms with van der Waals surface area (Å²) in [7, 11) is 0. The summed E-state index contributed by atoms with van der Waals surface area (Å²) in [5, 5.41) is 4.15. The quantitative estimate of drug-likeness (QED) is 0.573. The lowest BCUT2D eigenvalue weighted by molar-refractivity contribution is -0.109. The molecule has 0 aliphatic heterocycles. The molecule has 1 unspecified atom stereocenters. The number of hydrogen-bond donors (Lipinski definition) is 2. The number of thiocarbonyl (C=S) groups is 1. The van der Waals surface area contributed by atoms with E-state index >= 15 is 0 Å². The lowest BCUT2D eigenvalue weighted by atomic mass is 10.1. The molecule has 3 aromatic rings. The first-order valence-corrected chi connectivity index (χ1v) is 7.07. The number of benzene rings is 2. The van der Waals surface area contributed by atoms with Gasteiger partial charge in [-0.05, 0) is 6.07 Å². The van der Waals surface area contributed by atoms with Gasteiger partial charge < -0.3 is 15.1 Å². The highest BCUT2D eigenvalue weighted by molar-refractivity contribution is 7.80. The monoisotopic (exact) mass is 294 g/mol. The number of rotatable bonds is 4. The van der Waals surface area contributed by atoms with Crippen molar-refractivity contribution in [1.29, 1.82) is 0 Å². The van der Waals surface area contributed by atoms with Crippen LogP contribution >= 0.6 is 12.2 Å². The molecule has 2 N–H and O–H groups in total. The first-order valence-electron chi connectivity index (χ1n) is 6.67. The molecule has 1 atom stereocenters. The summed E-state index contributed by atoms with van der Waals surface area (Å²) >= 11 is 5.38. The average Bonchev–Trinajstić information content (AvgIpc) is 2.97. The number of aromatic amines is 1. The molecule has 0 amide bonds. The Morgan fingerprint density at radius 3 is 2.57 bits per heavy atom. The lowest BCUT2D eigenvalue weighted by Crippen LogP contribution is -2.28. The molecule has 0 aliphatic carbocycles. The molecule has 2 aromatic carbocycles. The zero-order chi connectivity index (χ0) is 14.7. The lowest BCUT2D eigenvalue weighted by Gasteiger charge is -2.14. The predicted octanol–water partition coefficient (Wildman–Crippen LogP) is 3.37. The third kappa shape index (κ3) is 2.71. The van der Waals surface area contributed by atoms with Crippen LogP contribution in [0.4, 0.5) is 0 Å². The Morgan fingerprint density at radius 2 is 1.81 bits per heavy atom. The zero-order valence-corrected chi connectivity index (χ0v) is 12.1. The van der Waals surface area contributed by atoms with Gasteiger partial charge in [0.25, 0.3) is 0 Å². The van der Waals surface area contributed by atoms with E-state index in [1.54, 1.807) is 0 Å². The van der Waals surface area contributed by atoms with Gasteiger partial charge in [0.2, 0.25) is 0 Å². The first-order chi connectivity index (χ1) is 10.3. The van der Waals surface area contributed by atoms with E-state index in [9.17, 15) is 4.79 Å². The van der Waals surface area contributed by atoms with Gasteiger partial charge in [-0.15, -0.1) is 0 Å². The number of para-hydroxylation sites is 1. The number of aromatic nitrogens is 1. The van der Waals surface area contributed by atoms with Crippen LogP contribution in [0, 0.1) is 0 Å². The van der Waals surface area contributed by atoms with Crippen molar-refractivity contribution in [3.8, 4) is 0 Å². The second-order valence-corrected chi connectivity index (χ2v) is 5.15. The highest BCUT2D eigenvalue weighted by atomic mass is 32.1. The molecular formula is C17H14N2OS. The number of nitrogens with one attached hydrogen (secondary N) is 2. The molecule has 0 spiro atoms. The van der Waals surface area contributed by atoms with Gasteiger partial charge in [0, 0.05) is 28.2 Å². The van der Waals surface area contributed by atoms with Crippen LogP contribution in [-0.4, -0.2) is 16.3 Å². The van der Waals surface area contributed by atoms with Gasteiger partial charge in [-0.25, -0.2) is 0 Å². The Morgan fingerprint density at radius 1 is 1.10 bits per heavy atom. The predicted molar refractivity (Wildman–Crippen MR) is 88.4 cm³/mol. The second-order valence-electron chi connectivity index (χ2n) is 4.74. The van der Waals surface area contributed by atoms with Crippen molar-refractivity contribution in [2.75, 3.05) is 0 Å². The number of H-pyrrole nitrogens is 1. The molecule has 0 bridgehead atoms. The van der Waals surface area contributed by atoms with Gasteiger partial charge in [-0.2, -0.15) is 0 Å². The molecule has 0 saturated carbocycles. The van der Waals surface area contributed by atoms with Crippen LogP contribution in [0.3, 0.4) is 0 Å². The van der Waals surface area contributed by atoms with Crippen molar-refractivity contribution in [2.45, 2.75) is 6.04 Å². The van der Waals surface area contributed by atoms with Crippen LogP contribution in [0.5, 0.6) is 0 Å². The summed E-state index contributed by atoms with van der Waals surface area (Å²) in [6.07, 6.45) is 2.73. The Bertz CT molecular complexity index is 780. The van der Waals surface area contributed by atoms with Gasteiger partial charge in [0.1, 0.15) is 17.3 Å². The second kappa shape index (κ2) is 5.89. The number of fused-ring (bicyclic) bond motifs is 1. The normalized spacial score (nSPS) is 12.0. The van der Waals surface area contributed by atoms with Crippen LogP contribution in [-0.2, 0) is 4.79 Å². The fraction of sp³-hybridized carbons (Fsp3) is 0.0588. The third-order valence-corrected chi connectivity index (χ3v) is 3.77. The Hall–Kier alpha value is -2.46. The van der Waals surface area contributed by atoms with E-state index in [1.807, 2.05) is 60.8 Å². The number of carbonyl (C=O) groups is 1. The van der Waals surface area contributed by atoms with Gasteiger partial charge in [0.15, 0.2) is 0 Å². The van der Waals surface area contributed by atoms with Crippen molar-refractivity contribution in [3.63, 3.8) is 0 Å². The van der Waals surface area contributed by atoms with Crippen molar-refractivity contribution in [2.24, 2.45) is 0 Å². The Kier molecular flexibility index (Phi) is 3.79. The topological polar surface area (TPSA) is 44.9 Å². The minimum absolute atomic E-state index is 0.464. The minimum atomic E-state index is -0.464. The smallest absolute Gasteiger partial charge is 0.146 e. The molecule has 0 saturated heterocycles. The van der Waals surface area contributed by atoms with Gasteiger partial charge in [0.05, 0.1) is 0 Å². The van der Waals surface area contributed by atoms with E-state index in [1.165, 1.54) is 0 Å². The van der Waals surface area contributed by atoms with Gasteiger partial charge in [-0.3, -0.25) is 0 Å². The molecule has 0 radical (unpaired) electrons. The third-order valence-electron chi connectivity index (χ3n) is 3.41. The summed E-state index contributed by atoms with van der Waals surface area (Å²) in [5.74, 6) is 0. The van der Waals surface area contributed by atoms with E-state index in [0.29, 0.717) is 4.99 Å². The van der Waals surface area contributed by atoms with Crippen LogP contribution in [0.2, 0.25) is 0 Å². The maximum Gasteiger partial charge on any atom is 0.146 e. The maximum atomic E-state index is 11.5. The average molecular weight is 294 g/mol. The van der Waals surface area contributed by atoms with Gasteiger partial charge in [-0.1, -0.05) is 60.7 Å². The molecule has 3 rings (SSSR count). The van der Waals surface area contributed by atoms with E-state index in [-0.39, 0.29) is 0 Å². The standard InChI is InChI=1S/C17H14N2OS/c20-11-16(19-17(21)12-6-2-1-3-7-12)14-10-18-15-9-5-4-8-13(14)15/h1-11,16,18H,(H,19,21). The molecule has 1 aromatic heterocycles. The van der Waals surface area contributed by atoms with Crippen molar-refractivity contribution < 1.29 is 4.79 Å². The SMILES string of the molecule is O=CC(NC(=S)c1ccccc1)c1c[nH]c2ccccc12. The fourth-order valence-corrected chi connectivity index (χ4v) is 2.61. The highest BCUT2D eigenvalue weighted by Gasteiger charge is 2.16. The molecule has 104 valence electrons. The van der Waals surface area contributed by atoms with E-state index < -0.39 is 6.04 Å². The maximum absolute atomic E-state index is 11.5. The van der Waals surface area contributed by atoms with Crippen molar-refractivity contribution >= 4 is 34.4 Å². The molecule has 0 fully saturated rings. The van der Waals surface area contributed by atoms with Crippen LogP contribution in [0.15, 0.2) is 60.8 Å². The summed E-state index contributed by atoms with van der Waals surface area (Å²) < 4.78 is 0. The van der Waals surface area contributed by atoms with Crippen molar-refractivity contribution in [3.05, 3.63) is 71.9 Å². The van der Waals surface area contributed by atoms with Crippen LogP contribution in [0.1, 0.15) is 17.2 Å². The number of hydrogen-bond acceptors (Lipinski definition) is 2. The molecule has 21 heavy (non-hydrogen) atoms. The molecule has 4 heteroatoms. The highest BCUT2D eigenvalue weighted by Crippen LogP contribution is 2.23. The Labute approximate surface area is 128 Å². The Balaban J connectivity index is 1.89. The van der Waals surface area contributed by atoms with E-state index in [4.69, 9.17) is 12.2 Å². The minimum Gasteiger partial charge on any atom is -0.362 e. The summed E-state index contributed by atoms with van der Waals surface area (Å²) in [6.45, 7) is 0. The fourth-order valence-electron chi connectivity index (χ4n) is 2.35. The largest absolute Gasteiger partial charge is 0.362 e. The van der Waals surface area contributed by atoms with Crippen molar-refractivity contribution in [1.82, 2.24) is 10.3 Å². The molecule has 1 heterocycles. The van der Waals surface area contributed by atoms with E-state index in [2.05, 4.69) is 10.3 Å². The van der Waals surface area contributed by atoms with E-state index in [0.717, 1.165) is 28.3 Å². The molecular weight excluding hydrogens is 280 g/mol. The summed E-state index contributed by atoms with van der Waals surface area (Å²) in [6, 6.07) is 17.0. The summed E-state index contributed by atoms with van der Waals surface area (Å²) in [4.78, 5) is 15.2. The molecule has 0 aliphatic rings. The van der Waals surface area contributed by atoms with Crippen LogP contribution < -0.4 is 5.32 Å². The number of aldehydes is 1. The number of carbonyl (C=O) groups excluding carboxylic acids is 1. The van der Waals surface area contributed by atoms with Gasteiger partial charge >= 0.3 is 0 Å². The molecule has 3 nitrogen and oxygen atoms in total. The van der Waals surface area contributed by atoms with Crippen LogP contribution in [0.25, 0.3) is 10.9 Å².